The van der Waals surface area contributed by atoms with E-state index in [0.717, 1.165) is 18.4 Å². The first-order valence-corrected chi connectivity index (χ1v) is 14.3. The Balaban J connectivity index is 1.70. The van der Waals surface area contributed by atoms with Gasteiger partial charge in [-0.05, 0) is 69.0 Å². The van der Waals surface area contributed by atoms with Gasteiger partial charge in [-0.25, -0.2) is 0 Å². The zero-order chi connectivity index (χ0) is 29.4. The van der Waals surface area contributed by atoms with Crippen molar-refractivity contribution < 1.29 is 29.0 Å². The SMILES string of the molecule is CCOC(=O)CCc1ccc(Cl)c(N2C(=O)c3cc(C(C)=O)ccc3[C@]2(OCC2(CO)CC2)c2ccc(Cl)cc2)c1. The number of aliphatic hydroxyl groups is 1. The highest BCUT2D eigenvalue weighted by Gasteiger charge is 2.56. The van der Waals surface area contributed by atoms with Crippen LogP contribution in [0.4, 0.5) is 5.69 Å². The van der Waals surface area contributed by atoms with Crippen LogP contribution in [0.1, 0.15) is 70.5 Å². The maximum atomic E-state index is 14.4. The highest BCUT2D eigenvalue weighted by Crippen LogP contribution is 2.53. The van der Waals surface area contributed by atoms with E-state index in [1.165, 1.54) is 11.8 Å². The van der Waals surface area contributed by atoms with E-state index in [4.69, 9.17) is 32.7 Å². The molecule has 1 aliphatic carbocycles. The lowest BCUT2D eigenvalue weighted by Crippen LogP contribution is -2.48. The molecule has 3 aromatic carbocycles. The molecule has 1 heterocycles. The standard InChI is InChI=1S/C32H31Cl2NO6/c1-3-40-29(38)13-5-21-4-12-27(34)28(16-21)35-30(39)25-17-22(20(2)37)6-11-26(25)32(35,23-7-9-24(33)10-8-23)41-19-31(18-36)14-15-31/h4,6-12,16-17,36H,3,5,13-15,18-19H2,1-2H3/t32-/m1/s1. The van der Waals surface area contributed by atoms with Crippen molar-refractivity contribution in [2.45, 2.75) is 45.3 Å². The van der Waals surface area contributed by atoms with Gasteiger partial charge in [0.15, 0.2) is 5.78 Å². The number of halogens is 2. The van der Waals surface area contributed by atoms with Gasteiger partial charge >= 0.3 is 5.97 Å². The molecule has 0 radical (unpaired) electrons. The Kier molecular flexibility index (Phi) is 8.26. The van der Waals surface area contributed by atoms with Crippen molar-refractivity contribution in [1.29, 1.82) is 0 Å². The molecule has 0 unspecified atom stereocenters. The molecule has 0 saturated heterocycles. The van der Waals surface area contributed by atoms with E-state index >= 15 is 0 Å². The van der Waals surface area contributed by atoms with E-state index in [-0.39, 0.29) is 31.4 Å². The van der Waals surface area contributed by atoms with Crippen LogP contribution in [0.5, 0.6) is 0 Å². The van der Waals surface area contributed by atoms with Crippen molar-refractivity contribution in [1.82, 2.24) is 0 Å². The van der Waals surface area contributed by atoms with Gasteiger partial charge in [-0.15, -0.1) is 0 Å². The molecule has 1 aliphatic heterocycles. The molecular weight excluding hydrogens is 565 g/mol. The number of carbonyl (C=O) groups is 3. The largest absolute Gasteiger partial charge is 0.466 e. The van der Waals surface area contributed by atoms with Gasteiger partial charge in [0.2, 0.25) is 5.72 Å². The van der Waals surface area contributed by atoms with Crippen molar-refractivity contribution in [2.24, 2.45) is 5.41 Å². The third-order valence-electron chi connectivity index (χ3n) is 7.83. The number of hydrogen-bond donors (Lipinski definition) is 1. The van der Waals surface area contributed by atoms with E-state index in [1.54, 1.807) is 61.5 Å². The average Bonchev–Trinajstić information content (AvgIpc) is 3.71. The fraction of sp³-hybridized carbons (Fsp3) is 0.344. The smallest absolute Gasteiger partial charge is 0.306 e. The summed E-state index contributed by atoms with van der Waals surface area (Å²) < 4.78 is 11.9. The second kappa shape index (κ2) is 11.6. The number of carbonyl (C=O) groups excluding carboxylic acids is 3. The highest BCUT2D eigenvalue weighted by molar-refractivity contribution is 6.34. The molecule has 0 spiro atoms. The lowest BCUT2D eigenvalue weighted by atomic mass is 9.91. The molecule has 7 nitrogen and oxygen atoms in total. The van der Waals surface area contributed by atoms with Crippen molar-refractivity contribution in [2.75, 3.05) is 24.7 Å². The van der Waals surface area contributed by atoms with Crippen LogP contribution < -0.4 is 4.90 Å². The minimum absolute atomic E-state index is 0.0438. The second-order valence-electron chi connectivity index (χ2n) is 10.6. The van der Waals surface area contributed by atoms with Crippen molar-refractivity contribution in [3.8, 4) is 0 Å². The number of aliphatic hydroxyl groups excluding tert-OH is 1. The zero-order valence-corrected chi connectivity index (χ0v) is 24.4. The summed E-state index contributed by atoms with van der Waals surface area (Å²) in [5.74, 6) is -0.882. The Hall–Kier alpha value is -3.23. The molecule has 0 bridgehead atoms. The van der Waals surface area contributed by atoms with Gasteiger partial charge in [0.25, 0.3) is 5.91 Å². The molecule has 1 amide bonds. The summed E-state index contributed by atoms with van der Waals surface area (Å²) >= 11 is 13.1. The van der Waals surface area contributed by atoms with E-state index in [0.29, 0.717) is 51.0 Å². The predicted molar refractivity (Wildman–Crippen MR) is 157 cm³/mol. The van der Waals surface area contributed by atoms with Gasteiger partial charge in [0, 0.05) is 39.1 Å². The Morgan fingerprint density at radius 2 is 1.76 bits per heavy atom. The van der Waals surface area contributed by atoms with Gasteiger partial charge in [-0.3, -0.25) is 19.3 Å². The van der Waals surface area contributed by atoms with Crippen LogP contribution in [0.15, 0.2) is 60.7 Å². The molecule has 3 aromatic rings. The molecule has 1 saturated carbocycles. The summed E-state index contributed by atoms with van der Waals surface area (Å²) in [7, 11) is 0. The summed E-state index contributed by atoms with van der Waals surface area (Å²) in [5.41, 5.74) is 1.19. The molecule has 0 aromatic heterocycles. The number of amides is 1. The van der Waals surface area contributed by atoms with Crippen molar-refractivity contribution >= 4 is 46.5 Å². The predicted octanol–water partition coefficient (Wildman–Crippen LogP) is 6.34. The Morgan fingerprint density at radius 1 is 1.02 bits per heavy atom. The Morgan fingerprint density at radius 3 is 2.39 bits per heavy atom. The molecule has 41 heavy (non-hydrogen) atoms. The first kappa shape index (κ1) is 29.3. The second-order valence-corrected chi connectivity index (χ2v) is 11.5. The first-order chi connectivity index (χ1) is 19.6. The summed E-state index contributed by atoms with van der Waals surface area (Å²) in [5, 5.41) is 10.9. The van der Waals surface area contributed by atoms with Crippen LogP contribution in [0.3, 0.4) is 0 Å². The number of nitrogens with zero attached hydrogens (tertiary/aromatic N) is 1. The van der Waals surface area contributed by atoms with E-state index in [1.807, 2.05) is 6.07 Å². The maximum Gasteiger partial charge on any atom is 0.306 e. The number of rotatable bonds is 11. The third kappa shape index (κ3) is 5.52. The maximum absolute atomic E-state index is 14.4. The normalized spacial score (nSPS) is 18.8. The monoisotopic (exact) mass is 595 g/mol. The van der Waals surface area contributed by atoms with Gasteiger partial charge < -0.3 is 14.6 Å². The van der Waals surface area contributed by atoms with Crippen LogP contribution in [-0.2, 0) is 26.4 Å². The number of hydrogen-bond acceptors (Lipinski definition) is 6. The molecule has 9 heteroatoms. The zero-order valence-electron chi connectivity index (χ0n) is 22.9. The molecule has 2 aliphatic rings. The number of esters is 1. The van der Waals surface area contributed by atoms with Crippen LogP contribution in [0.25, 0.3) is 0 Å². The number of fused-ring (bicyclic) bond motifs is 1. The fourth-order valence-electron chi connectivity index (χ4n) is 5.23. The third-order valence-corrected chi connectivity index (χ3v) is 8.40. The Bertz CT molecular complexity index is 1500. The van der Waals surface area contributed by atoms with E-state index in [2.05, 4.69) is 0 Å². The van der Waals surface area contributed by atoms with Crippen LogP contribution in [0, 0.1) is 5.41 Å². The quantitative estimate of drug-likeness (QED) is 0.205. The topological polar surface area (TPSA) is 93.1 Å². The summed E-state index contributed by atoms with van der Waals surface area (Å²) in [6.07, 6.45) is 2.15. The van der Waals surface area contributed by atoms with Gasteiger partial charge in [-0.1, -0.05) is 53.5 Å². The number of ether oxygens (including phenoxy) is 2. The number of anilines is 1. The van der Waals surface area contributed by atoms with Gasteiger partial charge in [0.05, 0.1) is 30.5 Å². The van der Waals surface area contributed by atoms with Crippen LogP contribution in [0.2, 0.25) is 10.0 Å². The Labute approximate surface area is 249 Å². The molecule has 1 fully saturated rings. The molecular formula is C32H31Cl2NO6. The summed E-state index contributed by atoms with van der Waals surface area (Å²) in [4.78, 5) is 40.2. The fourth-order valence-corrected chi connectivity index (χ4v) is 5.56. The van der Waals surface area contributed by atoms with E-state index in [9.17, 15) is 19.5 Å². The minimum Gasteiger partial charge on any atom is -0.466 e. The molecule has 5 rings (SSSR count). The average molecular weight is 597 g/mol. The number of aryl methyl sites for hydroxylation is 1. The molecule has 1 atom stereocenters. The minimum atomic E-state index is -1.47. The summed E-state index contributed by atoms with van der Waals surface area (Å²) in [6, 6.07) is 17.3. The molecule has 1 N–H and O–H groups in total. The van der Waals surface area contributed by atoms with Crippen molar-refractivity contribution in [3.63, 3.8) is 0 Å². The van der Waals surface area contributed by atoms with Crippen LogP contribution in [-0.4, -0.2) is 42.6 Å². The number of ketones is 1. The summed E-state index contributed by atoms with van der Waals surface area (Å²) in [6.45, 7) is 3.64. The van der Waals surface area contributed by atoms with Gasteiger partial charge in [0.1, 0.15) is 0 Å². The number of benzene rings is 3. The number of Topliss-reactive ketones (excluding diaryl/α,β-unsaturated/α-hetero) is 1. The first-order valence-electron chi connectivity index (χ1n) is 13.6. The highest BCUT2D eigenvalue weighted by atomic mass is 35.5. The lowest BCUT2D eigenvalue weighted by molar-refractivity contribution is -0.143. The van der Waals surface area contributed by atoms with Gasteiger partial charge in [-0.2, -0.15) is 0 Å². The molecule has 214 valence electrons. The lowest BCUT2D eigenvalue weighted by Gasteiger charge is -2.41. The van der Waals surface area contributed by atoms with E-state index < -0.39 is 17.0 Å². The van der Waals surface area contributed by atoms with Crippen LogP contribution >= 0.6 is 23.2 Å². The van der Waals surface area contributed by atoms with Crippen molar-refractivity contribution in [3.05, 3.63) is 98.5 Å².